The lowest BCUT2D eigenvalue weighted by Crippen LogP contribution is -2.42. The van der Waals surface area contributed by atoms with Crippen molar-refractivity contribution in [2.75, 3.05) is 18.8 Å². The molecule has 0 saturated carbocycles. The van der Waals surface area contributed by atoms with Gasteiger partial charge in [-0.15, -0.1) is 0 Å². The molecule has 2 aromatic carbocycles. The van der Waals surface area contributed by atoms with Crippen molar-refractivity contribution in [3.8, 4) is 11.3 Å². The van der Waals surface area contributed by atoms with Gasteiger partial charge in [-0.05, 0) is 30.5 Å². The molecule has 9 heteroatoms. The first-order valence-corrected chi connectivity index (χ1v) is 11.0. The Morgan fingerprint density at radius 3 is 2.68 bits per heavy atom. The molecule has 3 aromatic rings. The van der Waals surface area contributed by atoms with Gasteiger partial charge in [-0.1, -0.05) is 42.5 Å². The van der Waals surface area contributed by atoms with Gasteiger partial charge in [0.25, 0.3) is 11.8 Å². The molecule has 4 N–H and O–H groups in total. The fraction of sp³-hybridized carbons (Fsp3) is 0.240. The molecule has 0 radical (unpaired) electrons. The number of nitrogen functional groups attached to an aromatic ring is 1. The van der Waals surface area contributed by atoms with E-state index in [2.05, 4.69) is 15.3 Å². The maximum atomic E-state index is 13.1. The molecule has 2 heterocycles. The number of carboxylic acid groups (broad SMARTS) is 1. The number of hydrogen-bond donors (Lipinski definition) is 3. The SMILES string of the molecule is Nc1ncc(-c2cccc(C(=O)NCc3ccccc3)c2)nc1C(=O)N1CCCC(C(=O)O)C1. The summed E-state index contributed by atoms with van der Waals surface area (Å²) in [5.41, 5.74) is 8.35. The summed E-state index contributed by atoms with van der Waals surface area (Å²) in [4.78, 5) is 47.1. The molecule has 0 spiro atoms. The Morgan fingerprint density at radius 2 is 1.91 bits per heavy atom. The standard InChI is InChI=1S/C25H25N5O4/c26-22-21(24(32)30-11-5-10-19(15-30)25(33)34)29-20(14-27-22)17-8-4-9-18(12-17)23(31)28-13-16-6-2-1-3-7-16/h1-4,6-9,12,14,19H,5,10-11,13,15H2,(H2,26,27)(H,28,31)(H,33,34). The summed E-state index contributed by atoms with van der Waals surface area (Å²) in [6, 6.07) is 16.5. The highest BCUT2D eigenvalue weighted by molar-refractivity contribution is 5.98. The van der Waals surface area contributed by atoms with Crippen molar-refractivity contribution in [3.63, 3.8) is 0 Å². The Morgan fingerprint density at radius 1 is 1.12 bits per heavy atom. The molecule has 1 saturated heterocycles. The van der Waals surface area contributed by atoms with Gasteiger partial charge in [0.15, 0.2) is 11.5 Å². The van der Waals surface area contributed by atoms with Crippen LogP contribution in [0.4, 0.5) is 5.82 Å². The Hall–Kier alpha value is -4.27. The second kappa shape index (κ2) is 10.1. The largest absolute Gasteiger partial charge is 0.481 e. The van der Waals surface area contributed by atoms with Gasteiger partial charge in [-0.2, -0.15) is 0 Å². The fourth-order valence-electron chi connectivity index (χ4n) is 3.91. The van der Waals surface area contributed by atoms with Gasteiger partial charge >= 0.3 is 5.97 Å². The maximum Gasteiger partial charge on any atom is 0.308 e. The van der Waals surface area contributed by atoms with Crippen LogP contribution in [0.1, 0.15) is 39.3 Å². The highest BCUT2D eigenvalue weighted by Crippen LogP contribution is 2.23. The van der Waals surface area contributed by atoms with Gasteiger partial charge in [0.2, 0.25) is 0 Å². The molecule has 0 aliphatic carbocycles. The number of carbonyl (C=O) groups excluding carboxylic acids is 2. The van der Waals surface area contributed by atoms with Crippen molar-refractivity contribution in [2.24, 2.45) is 5.92 Å². The number of nitrogens with one attached hydrogen (secondary N) is 1. The number of nitrogens with two attached hydrogens (primary N) is 1. The van der Waals surface area contributed by atoms with Crippen LogP contribution >= 0.6 is 0 Å². The van der Waals surface area contributed by atoms with E-state index in [4.69, 9.17) is 5.73 Å². The topological polar surface area (TPSA) is 139 Å². The van der Waals surface area contributed by atoms with E-state index in [9.17, 15) is 19.5 Å². The van der Waals surface area contributed by atoms with E-state index >= 15 is 0 Å². The normalized spacial score (nSPS) is 15.5. The van der Waals surface area contributed by atoms with Crippen LogP contribution in [0.5, 0.6) is 0 Å². The summed E-state index contributed by atoms with van der Waals surface area (Å²) in [5, 5.41) is 12.2. The van der Waals surface area contributed by atoms with Crippen LogP contribution in [-0.2, 0) is 11.3 Å². The summed E-state index contributed by atoms with van der Waals surface area (Å²) in [6.07, 6.45) is 2.57. The van der Waals surface area contributed by atoms with Crippen molar-refractivity contribution in [1.29, 1.82) is 0 Å². The smallest absolute Gasteiger partial charge is 0.308 e. The summed E-state index contributed by atoms with van der Waals surface area (Å²) >= 11 is 0. The molecule has 1 aliphatic rings. The van der Waals surface area contributed by atoms with Crippen molar-refractivity contribution in [2.45, 2.75) is 19.4 Å². The van der Waals surface area contributed by atoms with Gasteiger partial charge in [0.1, 0.15) is 0 Å². The first-order chi connectivity index (χ1) is 16.4. The number of rotatable bonds is 6. The number of carboxylic acids is 1. The molecule has 9 nitrogen and oxygen atoms in total. The summed E-state index contributed by atoms with van der Waals surface area (Å²) in [5.74, 6) is -2.25. The van der Waals surface area contributed by atoms with Crippen LogP contribution in [0.25, 0.3) is 11.3 Å². The number of benzene rings is 2. The molecule has 1 aromatic heterocycles. The maximum absolute atomic E-state index is 13.1. The third kappa shape index (κ3) is 5.20. The summed E-state index contributed by atoms with van der Waals surface area (Å²) in [6.45, 7) is 0.943. The number of hydrogen-bond acceptors (Lipinski definition) is 6. The highest BCUT2D eigenvalue weighted by atomic mass is 16.4. The second-order valence-electron chi connectivity index (χ2n) is 8.17. The number of aromatic nitrogens is 2. The van der Waals surface area contributed by atoms with E-state index in [0.29, 0.717) is 42.8 Å². The molecule has 0 bridgehead atoms. The lowest BCUT2D eigenvalue weighted by atomic mass is 9.98. The fourth-order valence-corrected chi connectivity index (χ4v) is 3.91. The zero-order valence-electron chi connectivity index (χ0n) is 18.5. The second-order valence-corrected chi connectivity index (χ2v) is 8.17. The monoisotopic (exact) mass is 459 g/mol. The van der Waals surface area contributed by atoms with E-state index in [1.54, 1.807) is 24.3 Å². The van der Waals surface area contributed by atoms with Gasteiger partial charge in [-0.25, -0.2) is 9.97 Å². The first-order valence-electron chi connectivity index (χ1n) is 11.0. The number of aliphatic carboxylic acids is 1. The van der Waals surface area contributed by atoms with Crippen molar-refractivity contribution >= 4 is 23.6 Å². The molecule has 34 heavy (non-hydrogen) atoms. The third-order valence-electron chi connectivity index (χ3n) is 5.78. The molecular weight excluding hydrogens is 434 g/mol. The zero-order valence-corrected chi connectivity index (χ0v) is 18.5. The predicted octanol–water partition coefficient (Wildman–Crippen LogP) is 2.59. The number of carbonyl (C=O) groups is 3. The molecule has 2 amide bonds. The minimum atomic E-state index is -0.923. The van der Waals surface area contributed by atoms with Crippen LogP contribution in [0.3, 0.4) is 0 Å². The molecule has 174 valence electrons. The lowest BCUT2D eigenvalue weighted by molar-refractivity contribution is -0.143. The number of piperidine rings is 1. The Bertz CT molecular complexity index is 1210. The molecule has 1 aliphatic heterocycles. The molecule has 1 atom stereocenters. The van der Waals surface area contributed by atoms with Gasteiger partial charge < -0.3 is 21.1 Å². The Labute approximate surface area is 196 Å². The van der Waals surface area contributed by atoms with Crippen molar-refractivity contribution in [1.82, 2.24) is 20.2 Å². The van der Waals surface area contributed by atoms with Gasteiger partial charge in [-0.3, -0.25) is 14.4 Å². The Kier molecular flexibility index (Phi) is 6.82. The van der Waals surface area contributed by atoms with Gasteiger partial charge in [0.05, 0.1) is 17.8 Å². The van der Waals surface area contributed by atoms with Crippen LogP contribution in [0, 0.1) is 5.92 Å². The van der Waals surface area contributed by atoms with Crippen LogP contribution in [-0.4, -0.2) is 50.8 Å². The first kappa shape index (κ1) is 22.9. The third-order valence-corrected chi connectivity index (χ3v) is 5.78. The van der Waals surface area contributed by atoms with Gasteiger partial charge in [0, 0.05) is 30.8 Å². The summed E-state index contributed by atoms with van der Waals surface area (Å²) in [7, 11) is 0. The van der Waals surface area contributed by atoms with E-state index in [-0.39, 0.29) is 24.0 Å². The van der Waals surface area contributed by atoms with E-state index in [1.165, 1.54) is 11.1 Å². The highest BCUT2D eigenvalue weighted by Gasteiger charge is 2.30. The quantitative estimate of drug-likeness (QED) is 0.515. The average Bonchev–Trinajstić information content (AvgIpc) is 2.88. The average molecular weight is 460 g/mol. The zero-order chi connectivity index (χ0) is 24.1. The van der Waals surface area contributed by atoms with Crippen LogP contribution < -0.4 is 11.1 Å². The number of nitrogens with zero attached hydrogens (tertiary/aromatic N) is 3. The van der Waals surface area contributed by atoms with E-state index in [1.807, 2.05) is 30.3 Å². The number of likely N-dealkylation sites (tertiary alicyclic amines) is 1. The summed E-state index contributed by atoms with van der Waals surface area (Å²) < 4.78 is 0. The molecular formula is C25H25N5O4. The van der Waals surface area contributed by atoms with Crippen LogP contribution in [0.15, 0.2) is 60.8 Å². The van der Waals surface area contributed by atoms with E-state index < -0.39 is 17.8 Å². The molecule has 4 rings (SSSR count). The molecule has 1 unspecified atom stereocenters. The predicted molar refractivity (Wildman–Crippen MR) is 126 cm³/mol. The van der Waals surface area contributed by atoms with Crippen molar-refractivity contribution < 1.29 is 19.5 Å². The lowest BCUT2D eigenvalue weighted by Gasteiger charge is -2.30. The minimum absolute atomic E-state index is 0.0250. The van der Waals surface area contributed by atoms with Crippen molar-refractivity contribution in [3.05, 3.63) is 77.6 Å². The Balaban J connectivity index is 1.52. The van der Waals surface area contributed by atoms with Crippen LogP contribution in [0.2, 0.25) is 0 Å². The number of anilines is 1. The van der Waals surface area contributed by atoms with E-state index in [0.717, 1.165) is 5.56 Å². The minimum Gasteiger partial charge on any atom is -0.481 e. The molecule has 1 fully saturated rings. The number of amides is 2.